The van der Waals surface area contributed by atoms with Crippen molar-refractivity contribution in [3.8, 4) is 0 Å². The topological polar surface area (TPSA) is 58.2 Å². The number of hydrogen-bond donors (Lipinski definition) is 2. The highest BCUT2D eigenvalue weighted by Crippen LogP contribution is 2.15. The van der Waals surface area contributed by atoms with E-state index < -0.39 is 12.1 Å². The van der Waals surface area contributed by atoms with Crippen molar-refractivity contribution in [3.05, 3.63) is 35.9 Å². The summed E-state index contributed by atoms with van der Waals surface area (Å²) in [5.74, 6) is -0.295. The van der Waals surface area contributed by atoms with Crippen LogP contribution in [0.3, 0.4) is 0 Å². The summed E-state index contributed by atoms with van der Waals surface area (Å²) in [6.45, 7) is 0. The molecule has 1 aliphatic rings. The van der Waals surface area contributed by atoms with E-state index in [-0.39, 0.29) is 5.91 Å². The summed E-state index contributed by atoms with van der Waals surface area (Å²) in [6, 6.07) is 8.15. The number of amides is 3. The van der Waals surface area contributed by atoms with Crippen LogP contribution < -0.4 is 10.6 Å². The van der Waals surface area contributed by atoms with Crippen molar-refractivity contribution in [1.82, 2.24) is 10.6 Å². The molecule has 4 nitrogen and oxygen atoms in total. The van der Waals surface area contributed by atoms with E-state index in [1.807, 2.05) is 18.2 Å². The Hall–Kier alpha value is -1.84. The van der Waals surface area contributed by atoms with Crippen LogP contribution in [-0.4, -0.2) is 11.9 Å². The van der Waals surface area contributed by atoms with Crippen molar-refractivity contribution < 1.29 is 9.59 Å². The normalized spacial score (nSPS) is 21.1. The van der Waals surface area contributed by atoms with Gasteiger partial charge in [0.05, 0.1) is 0 Å². The Balaban J connectivity index is 2.28. The fourth-order valence-corrected chi connectivity index (χ4v) is 1.30. The SMILES string of the molecule is O=C1N[11C](=O)NC1c1ccccc1. The second-order valence-electron chi connectivity index (χ2n) is 2.81. The van der Waals surface area contributed by atoms with Crippen LogP contribution in [0.25, 0.3) is 0 Å². The molecule has 0 bridgehead atoms. The van der Waals surface area contributed by atoms with E-state index >= 15 is 0 Å². The zero-order valence-corrected chi connectivity index (χ0v) is 6.78. The maximum Gasteiger partial charge on any atom is 0.322 e. The Kier molecular flexibility index (Phi) is 1.73. The van der Waals surface area contributed by atoms with Crippen LogP contribution in [0, 0.1) is 0 Å². The molecule has 1 aromatic rings. The van der Waals surface area contributed by atoms with E-state index in [9.17, 15) is 9.59 Å². The second-order valence-corrected chi connectivity index (χ2v) is 2.81. The van der Waals surface area contributed by atoms with E-state index in [4.69, 9.17) is 0 Å². The van der Waals surface area contributed by atoms with E-state index in [2.05, 4.69) is 10.6 Å². The number of carbonyl (C=O) groups excluding carboxylic acids is 2. The van der Waals surface area contributed by atoms with Crippen molar-refractivity contribution in [2.75, 3.05) is 0 Å². The third kappa shape index (κ3) is 1.38. The average Bonchev–Trinajstić information content (AvgIpc) is 2.47. The summed E-state index contributed by atoms with van der Waals surface area (Å²) in [7, 11) is 0. The number of nitrogens with one attached hydrogen (secondary N) is 2. The number of rotatable bonds is 1. The summed E-state index contributed by atoms with van der Waals surface area (Å²) >= 11 is 0. The quantitative estimate of drug-likeness (QED) is 0.613. The maximum atomic E-state index is 11.2. The van der Waals surface area contributed by atoms with Gasteiger partial charge < -0.3 is 5.32 Å². The molecule has 1 atom stereocenters. The first kappa shape index (κ1) is 7.79. The molecule has 66 valence electrons. The zero-order valence-electron chi connectivity index (χ0n) is 6.78. The van der Waals surface area contributed by atoms with E-state index in [0.717, 1.165) is 5.56 Å². The fraction of sp³-hybridized carbons (Fsp3) is 0.111. The van der Waals surface area contributed by atoms with Gasteiger partial charge in [0.25, 0.3) is 5.91 Å². The van der Waals surface area contributed by atoms with Gasteiger partial charge in [0.2, 0.25) is 0 Å². The van der Waals surface area contributed by atoms with Gasteiger partial charge in [-0.1, -0.05) is 30.3 Å². The molecule has 0 aromatic heterocycles. The molecule has 1 unspecified atom stereocenters. The fourth-order valence-electron chi connectivity index (χ4n) is 1.30. The van der Waals surface area contributed by atoms with Crippen LogP contribution in [0.15, 0.2) is 30.3 Å². The van der Waals surface area contributed by atoms with Crippen LogP contribution in [0.1, 0.15) is 11.6 Å². The monoisotopic (exact) mass is 175 g/mol. The predicted molar refractivity (Wildman–Crippen MR) is 45.9 cm³/mol. The predicted octanol–water partition coefficient (Wildman–Crippen LogP) is 0.567. The van der Waals surface area contributed by atoms with Gasteiger partial charge in [0.15, 0.2) is 0 Å². The first-order valence-electron chi connectivity index (χ1n) is 3.93. The Morgan fingerprint density at radius 3 is 2.31 bits per heavy atom. The standard InChI is InChI=1S/C9H8N2O2/c12-8-7(10-9(13)11-8)6-4-2-1-3-5-6/h1-5,7H,(H2,10,11,12,13)/i9-1. The molecule has 2 rings (SSSR count). The lowest BCUT2D eigenvalue weighted by atomic mass is 10.1. The lowest BCUT2D eigenvalue weighted by molar-refractivity contribution is -0.120. The molecular formula is C9H8N2O2. The molecule has 0 saturated carbocycles. The Bertz CT molecular complexity index is 348. The molecule has 0 spiro atoms. The van der Waals surface area contributed by atoms with E-state index in [1.54, 1.807) is 12.1 Å². The molecule has 0 aliphatic carbocycles. The van der Waals surface area contributed by atoms with Gasteiger partial charge in [-0.3, -0.25) is 10.1 Å². The summed E-state index contributed by atoms with van der Waals surface area (Å²) in [6.07, 6.45) is 0. The highest BCUT2D eigenvalue weighted by atomic mass is 16.2. The van der Waals surface area contributed by atoms with E-state index in [1.165, 1.54) is 0 Å². The van der Waals surface area contributed by atoms with Gasteiger partial charge in [-0.2, -0.15) is 0 Å². The molecular weight excluding hydrogens is 167 g/mol. The smallest absolute Gasteiger partial charge is 0.322 e. The molecule has 13 heavy (non-hydrogen) atoms. The lowest BCUT2D eigenvalue weighted by Crippen LogP contribution is -2.22. The van der Waals surface area contributed by atoms with Gasteiger partial charge in [0, 0.05) is 0 Å². The number of urea groups is 1. The summed E-state index contributed by atoms with van der Waals surface area (Å²) in [4.78, 5) is 22.0. The molecule has 3 amide bonds. The second kappa shape index (κ2) is 2.90. The molecule has 4 heteroatoms. The largest absolute Gasteiger partial charge is 0.322 e. The highest BCUT2D eigenvalue weighted by Gasteiger charge is 2.30. The summed E-state index contributed by atoms with van der Waals surface area (Å²) in [5.41, 5.74) is 0.797. The van der Waals surface area contributed by atoms with Crippen LogP contribution in [0.2, 0.25) is 0 Å². The molecule has 2 N–H and O–H groups in total. The minimum absolute atomic E-state index is 0.295. The van der Waals surface area contributed by atoms with Crippen molar-refractivity contribution in [2.24, 2.45) is 0 Å². The maximum absolute atomic E-state index is 11.2. The molecule has 1 saturated heterocycles. The minimum Gasteiger partial charge on any atom is -0.322 e. The minimum atomic E-state index is -0.534. The van der Waals surface area contributed by atoms with Crippen molar-refractivity contribution in [3.63, 3.8) is 0 Å². The van der Waals surface area contributed by atoms with Gasteiger partial charge in [-0.05, 0) is 5.56 Å². The van der Waals surface area contributed by atoms with Crippen LogP contribution >= 0.6 is 0 Å². The van der Waals surface area contributed by atoms with Gasteiger partial charge in [0.1, 0.15) is 6.04 Å². The van der Waals surface area contributed by atoms with E-state index in [0.29, 0.717) is 0 Å². The van der Waals surface area contributed by atoms with Crippen molar-refractivity contribution in [2.45, 2.75) is 6.04 Å². The zero-order chi connectivity index (χ0) is 9.26. The Labute approximate surface area is 74.9 Å². The molecule has 1 aromatic carbocycles. The van der Waals surface area contributed by atoms with Gasteiger partial charge in [-0.15, -0.1) is 0 Å². The number of hydrogen-bond acceptors (Lipinski definition) is 2. The lowest BCUT2D eigenvalue weighted by Gasteiger charge is -2.05. The summed E-state index contributed by atoms with van der Waals surface area (Å²) in [5, 5.41) is 4.70. The van der Waals surface area contributed by atoms with Gasteiger partial charge >= 0.3 is 6.03 Å². The summed E-state index contributed by atoms with van der Waals surface area (Å²) < 4.78 is 0. The van der Waals surface area contributed by atoms with Crippen molar-refractivity contribution in [1.29, 1.82) is 0 Å². The highest BCUT2D eigenvalue weighted by molar-refractivity contribution is 6.04. The molecule has 1 aliphatic heterocycles. The van der Waals surface area contributed by atoms with Crippen LogP contribution in [0.5, 0.6) is 0 Å². The average molecular weight is 175 g/mol. The first-order valence-corrected chi connectivity index (χ1v) is 3.93. The van der Waals surface area contributed by atoms with Crippen LogP contribution in [0.4, 0.5) is 4.79 Å². The number of carbonyl (C=O) groups is 2. The number of benzene rings is 1. The first-order chi connectivity index (χ1) is 6.27. The third-order valence-corrected chi connectivity index (χ3v) is 1.91. The Morgan fingerprint density at radius 1 is 1.08 bits per heavy atom. The number of imide groups is 1. The molecule has 1 heterocycles. The molecule has 0 radical (unpaired) electrons. The van der Waals surface area contributed by atoms with Crippen molar-refractivity contribution >= 4 is 11.9 Å². The van der Waals surface area contributed by atoms with Crippen LogP contribution in [-0.2, 0) is 4.79 Å². The third-order valence-electron chi connectivity index (χ3n) is 1.91. The Morgan fingerprint density at radius 2 is 1.77 bits per heavy atom. The molecule has 1 fully saturated rings. The van der Waals surface area contributed by atoms with Gasteiger partial charge in [-0.25, -0.2) is 4.79 Å².